The van der Waals surface area contributed by atoms with Gasteiger partial charge in [-0.3, -0.25) is 9.59 Å². The van der Waals surface area contributed by atoms with Gasteiger partial charge in [0.25, 0.3) is 0 Å². The Balaban J connectivity index is 2.15. The first kappa shape index (κ1) is 19.0. The first-order chi connectivity index (χ1) is 11.9. The van der Waals surface area contributed by atoms with Crippen LogP contribution in [0.25, 0.3) is 0 Å². The summed E-state index contributed by atoms with van der Waals surface area (Å²) in [6.07, 6.45) is 1.85. The normalized spacial score (nSPS) is 19.6. The Morgan fingerprint density at radius 2 is 1.96 bits per heavy atom. The lowest BCUT2D eigenvalue weighted by Crippen LogP contribution is -2.53. The summed E-state index contributed by atoms with van der Waals surface area (Å²) in [7, 11) is 0. The van der Waals surface area contributed by atoms with Gasteiger partial charge in [0.2, 0.25) is 11.8 Å². The molecule has 1 aliphatic rings. The highest BCUT2D eigenvalue weighted by molar-refractivity contribution is 5.92. The molecule has 0 aromatic heterocycles. The van der Waals surface area contributed by atoms with Gasteiger partial charge >= 0.3 is 5.97 Å². The summed E-state index contributed by atoms with van der Waals surface area (Å²) in [6, 6.07) is 7.55. The quantitative estimate of drug-likeness (QED) is 0.736. The highest BCUT2D eigenvalue weighted by atomic mass is 16.5. The summed E-state index contributed by atoms with van der Waals surface area (Å²) in [5.41, 5.74) is 0.625. The molecule has 136 valence electrons. The number of amides is 2. The number of carbonyl (C=O) groups is 3. The molecule has 0 radical (unpaired) electrons. The fourth-order valence-corrected chi connectivity index (χ4v) is 3.07. The number of esters is 1. The van der Waals surface area contributed by atoms with Crippen molar-refractivity contribution in [2.24, 2.45) is 5.92 Å². The van der Waals surface area contributed by atoms with Crippen molar-refractivity contribution in [3.05, 3.63) is 35.4 Å². The molecule has 1 aromatic rings. The van der Waals surface area contributed by atoms with E-state index in [1.807, 2.05) is 31.2 Å². The van der Waals surface area contributed by atoms with E-state index in [1.165, 1.54) is 0 Å². The number of rotatable bonds is 7. The van der Waals surface area contributed by atoms with E-state index in [9.17, 15) is 14.4 Å². The molecule has 0 saturated heterocycles. The van der Waals surface area contributed by atoms with Gasteiger partial charge in [0.1, 0.15) is 0 Å². The smallest absolute Gasteiger partial charge is 0.336 e. The Hall–Kier alpha value is -2.37. The molecule has 0 unspecified atom stereocenters. The number of nitrogens with one attached hydrogen (secondary N) is 2. The van der Waals surface area contributed by atoms with Crippen molar-refractivity contribution in [3.8, 4) is 0 Å². The second kappa shape index (κ2) is 8.14. The minimum absolute atomic E-state index is 0.154. The third-order valence-electron chi connectivity index (χ3n) is 4.71. The lowest BCUT2D eigenvalue weighted by molar-refractivity contribution is -0.153. The van der Waals surface area contributed by atoms with Gasteiger partial charge in [-0.25, -0.2) is 4.79 Å². The molecule has 2 atom stereocenters. The molecule has 6 heteroatoms. The van der Waals surface area contributed by atoms with Crippen molar-refractivity contribution >= 4 is 17.8 Å². The van der Waals surface area contributed by atoms with Gasteiger partial charge in [0, 0.05) is 5.92 Å². The average Bonchev–Trinajstić information content (AvgIpc) is 2.99. The Labute approximate surface area is 148 Å². The lowest BCUT2D eigenvalue weighted by atomic mass is 9.91. The van der Waals surface area contributed by atoms with Gasteiger partial charge in [-0.2, -0.15) is 0 Å². The summed E-state index contributed by atoms with van der Waals surface area (Å²) in [4.78, 5) is 36.9. The highest BCUT2D eigenvalue weighted by Gasteiger charge is 2.47. The zero-order valence-corrected chi connectivity index (χ0v) is 15.1. The van der Waals surface area contributed by atoms with Gasteiger partial charge in [-0.15, -0.1) is 0 Å². The van der Waals surface area contributed by atoms with Crippen LogP contribution in [0, 0.1) is 5.92 Å². The fraction of sp³-hybridized carbons (Fsp3) is 0.526. The Kier molecular flexibility index (Phi) is 6.17. The first-order valence-electron chi connectivity index (χ1n) is 8.79. The minimum Gasteiger partial charge on any atom is -0.464 e. The van der Waals surface area contributed by atoms with Crippen LogP contribution in [0.4, 0.5) is 0 Å². The zero-order chi connectivity index (χ0) is 18.4. The number of aryl methyl sites for hydroxylation is 1. The van der Waals surface area contributed by atoms with Gasteiger partial charge < -0.3 is 15.4 Å². The van der Waals surface area contributed by atoms with Crippen molar-refractivity contribution in [2.45, 2.75) is 45.6 Å². The SMILES string of the molecule is CCOC(=O)[C@@]1(NC(=O)CNC(=O)[C@@H](C)CC)CCc2ccccc21. The number of carbonyl (C=O) groups excluding carboxylic acids is 3. The second-order valence-corrected chi connectivity index (χ2v) is 6.36. The first-order valence-corrected chi connectivity index (χ1v) is 8.79. The van der Waals surface area contributed by atoms with Gasteiger partial charge in [-0.1, -0.05) is 38.1 Å². The molecular weight excluding hydrogens is 320 g/mol. The van der Waals surface area contributed by atoms with Crippen LogP contribution in [0.5, 0.6) is 0 Å². The van der Waals surface area contributed by atoms with Crippen molar-refractivity contribution in [1.82, 2.24) is 10.6 Å². The largest absolute Gasteiger partial charge is 0.464 e. The third-order valence-corrected chi connectivity index (χ3v) is 4.71. The van der Waals surface area contributed by atoms with Crippen LogP contribution in [0.1, 0.15) is 44.7 Å². The Morgan fingerprint density at radius 3 is 2.64 bits per heavy atom. The highest BCUT2D eigenvalue weighted by Crippen LogP contribution is 2.37. The van der Waals surface area contributed by atoms with E-state index in [-0.39, 0.29) is 25.0 Å². The fourth-order valence-electron chi connectivity index (χ4n) is 3.07. The van der Waals surface area contributed by atoms with Gasteiger partial charge in [0.15, 0.2) is 5.54 Å². The molecule has 0 saturated carbocycles. The lowest BCUT2D eigenvalue weighted by Gasteiger charge is -2.29. The van der Waals surface area contributed by atoms with E-state index >= 15 is 0 Å². The van der Waals surface area contributed by atoms with E-state index in [2.05, 4.69) is 10.6 Å². The number of fused-ring (bicyclic) bond motifs is 1. The maximum Gasteiger partial charge on any atom is 0.336 e. The maximum atomic E-state index is 12.6. The molecular formula is C19H26N2O4. The topological polar surface area (TPSA) is 84.5 Å². The molecule has 0 spiro atoms. The number of hydrogen-bond donors (Lipinski definition) is 2. The maximum absolute atomic E-state index is 12.6. The van der Waals surface area contributed by atoms with Crippen LogP contribution in [0.2, 0.25) is 0 Å². The zero-order valence-electron chi connectivity index (χ0n) is 15.1. The molecule has 1 aromatic carbocycles. The summed E-state index contributed by atoms with van der Waals surface area (Å²) in [6.45, 7) is 5.53. The summed E-state index contributed by atoms with van der Waals surface area (Å²) in [5, 5.41) is 5.43. The molecule has 2 rings (SSSR count). The molecule has 6 nitrogen and oxygen atoms in total. The molecule has 1 aliphatic carbocycles. The summed E-state index contributed by atoms with van der Waals surface area (Å²) < 4.78 is 5.23. The van der Waals surface area contributed by atoms with Crippen LogP contribution in [0.15, 0.2) is 24.3 Å². The molecule has 0 heterocycles. The van der Waals surface area contributed by atoms with Crippen LogP contribution < -0.4 is 10.6 Å². The summed E-state index contributed by atoms with van der Waals surface area (Å²) >= 11 is 0. The van der Waals surface area contributed by atoms with Crippen LogP contribution in [0.3, 0.4) is 0 Å². The van der Waals surface area contributed by atoms with Crippen LogP contribution in [-0.2, 0) is 31.1 Å². The Morgan fingerprint density at radius 1 is 1.24 bits per heavy atom. The van der Waals surface area contributed by atoms with Crippen LogP contribution >= 0.6 is 0 Å². The molecule has 0 aliphatic heterocycles. The van der Waals surface area contributed by atoms with Crippen molar-refractivity contribution in [1.29, 1.82) is 0 Å². The molecule has 2 amide bonds. The molecule has 25 heavy (non-hydrogen) atoms. The van der Waals surface area contributed by atoms with E-state index in [4.69, 9.17) is 4.74 Å². The van der Waals surface area contributed by atoms with Crippen molar-refractivity contribution in [2.75, 3.05) is 13.2 Å². The van der Waals surface area contributed by atoms with E-state index in [0.717, 1.165) is 11.1 Å². The van der Waals surface area contributed by atoms with Crippen molar-refractivity contribution in [3.63, 3.8) is 0 Å². The molecule has 0 fully saturated rings. The minimum atomic E-state index is -1.18. The number of benzene rings is 1. The molecule has 0 bridgehead atoms. The van der Waals surface area contributed by atoms with Gasteiger partial charge in [0.05, 0.1) is 13.2 Å². The predicted molar refractivity (Wildman–Crippen MR) is 93.7 cm³/mol. The van der Waals surface area contributed by atoms with E-state index < -0.39 is 17.4 Å². The summed E-state index contributed by atoms with van der Waals surface area (Å²) in [5.74, 6) is -1.18. The monoisotopic (exact) mass is 346 g/mol. The average molecular weight is 346 g/mol. The van der Waals surface area contributed by atoms with E-state index in [0.29, 0.717) is 19.3 Å². The van der Waals surface area contributed by atoms with Gasteiger partial charge in [-0.05, 0) is 37.3 Å². The Bertz CT molecular complexity index is 659. The second-order valence-electron chi connectivity index (χ2n) is 6.36. The standard InChI is InChI=1S/C19H26N2O4/c1-4-13(3)17(23)20-12-16(22)21-19(18(24)25-5-2)11-10-14-8-6-7-9-15(14)19/h6-9,13H,4-5,10-12H2,1-3H3,(H,20,23)(H,21,22)/t13-,19+/m0/s1. The number of hydrogen-bond acceptors (Lipinski definition) is 4. The molecule has 2 N–H and O–H groups in total. The van der Waals surface area contributed by atoms with Crippen LogP contribution in [-0.4, -0.2) is 30.9 Å². The predicted octanol–water partition coefficient (Wildman–Crippen LogP) is 1.67. The third kappa shape index (κ3) is 4.00. The van der Waals surface area contributed by atoms with E-state index in [1.54, 1.807) is 13.8 Å². The van der Waals surface area contributed by atoms with Crippen molar-refractivity contribution < 1.29 is 19.1 Å². The number of ether oxygens (including phenoxy) is 1.